The summed E-state index contributed by atoms with van der Waals surface area (Å²) in [7, 11) is 5.84. The van der Waals surface area contributed by atoms with Crippen molar-refractivity contribution in [3.05, 3.63) is 11.8 Å². The lowest BCUT2D eigenvalue weighted by atomic mass is 10.1. The first-order valence-corrected chi connectivity index (χ1v) is 6.15. The molecule has 0 bridgehead atoms. The van der Waals surface area contributed by atoms with E-state index >= 15 is 0 Å². The fraction of sp³-hybridized carbons (Fsp3) is 0.667. The Morgan fingerprint density at radius 3 is 2.61 bits per heavy atom. The molecular formula is C12H21N5O. The molecule has 0 saturated carbocycles. The van der Waals surface area contributed by atoms with Crippen LogP contribution < -0.4 is 5.73 Å². The Morgan fingerprint density at radius 2 is 2.17 bits per heavy atom. The minimum Gasteiger partial charge on any atom is -0.383 e. The van der Waals surface area contributed by atoms with Crippen molar-refractivity contribution < 1.29 is 4.79 Å². The van der Waals surface area contributed by atoms with Gasteiger partial charge in [0.05, 0.1) is 6.20 Å². The van der Waals surface area contributed by atoms with Gasteiger partial charge in [-0.05, 0) is 20.0 Å². The van der Waals surface area contributed by atoms with E-state index in [1.54, 1.807) is 13.2 Å². The monoisotopic (exact) mass is 251 g/mol. The highest BCUT2D eigenvalue weighted by Crippen LogP contribution is 2.23. The molecule has 0 radical (unpaired) electrons. The molecule has 2 unspecified atom stereocenters. The third-order valence-corrected chi connectivity index (χ3v) is 3.74. The number of aryl methyl sites for hydroxylation is 1. The number of nitrogen functional groups attached to an aromatic ring is 1. The van der Waals surface area contributed by atoms with Gasteiger partial charge in [0.1, 0.15) is 11.4 Å². The number of hydrogen-bond acceptors (Lipinski definition) is 4. The average molecular weight is 251 g/mol. The van der Waals surface area contributed by atoms with Crippen LogP contribution in [0.4, 0.5) is 5.82 Å². The van der Waals surface area contributed by atoms with Crippen LogP contribution in [0.1, 0.15) is 17.3 Å². The van der Waals surface area contributed by atoms with Crippen molar-refractivity contribution in [2.24, 2.45) is 13.0 Å². The number of carbonyl (C=O) groups is 1. The molecule has 2 atom stereocenters. The third kappa shape index (κ3) is 2.08. The Bertz CT molecular complexity index is 453. The first-order chi connectivity index (χ1) is 8.41. The Balaban J connectivity index is 2.15. The molecule has 1 aromatic rings. The zero-order valence-corrected chi connectivity index (χ0v) is 11.4. The summed E-state index contributed by atoms with van der Waals surface area (Å²) < 4.78 is 1.52. The zero-order valence-electron chi connectivity index (χ0n) is 11.4. The molecule has 0 aromatic carbocycles. The molecule has 6 heteroatoms. The molecule has 1 aliphatic rings. The van der Waals surface area contributed by atoms with Gasteiger partial charge in [0.15, 0.2) is 0 Å². The minimum atomic E-state index is -0.0169. The summed E-state index contributed by atoms with van der Waals surface area (Å²) in [6.07, 6.45) is 1.55. The van der Waals surface area contributed by atoms with E-state index in [0.717, 1.165) is 13.1 Å². The van der Waals surface area contributed by atoms with E-state index in [0.29, 0.717) is 23.3 Å². The van der Waals surface area contributed by atoms with Crippen molar-refractivity contribution in [3.8, 4) is 0 Å². The van der Waals surface area contributed by atoms with Gasteiger partial charge in [-0.3, -0.25) is 9.48 Å². The standard InChI is InChI=1S/C12H21N5O/c1-8-6-17(7-10(8)15(2)3)12(18)9-5-14-16(4)11(9)13/h5,8,10H,6-7,13H2,1-4H3. The molecule has 0 aliphatic carbocycles. The van der Waals surface area contributed by atoms with Crippen molar-refractivity contribution >= 4 is 11.7 Å². The first kappa shape index (κ1) is 12.9. The van der Waals surface area contributed by atoms with Gasteiger partial charge < -0.3 is 15.5 Å². The number of aromatic nitrogens is 2. The van der Waals surface area contributed by atoms with Crippen LogP contribution in [0, 0.1) is 5.92 Å². The van der Waals surface area contributed by atoms with Crippen molar-refractivity contribution in [1.82, 2.24) is 19.6 Å². The summed E-state index contributed by atoms with van der Waals surface area (Å²) in [6.45, 7) is 3.70. The number of hydrogen-bond donors (Lipinski definition) is 1. The molecule has 1 aliphatic heterocycles. The summed E-state index contributed by atoms with van der Waals surface area (Å²) in [4.78, 5) is 16.4. The third-order valence-electron chi connectivity index (χ3n) is 3.74. The van der Waals surface area contributed by atoms with Crippen molar-refractivity contribution in [2.75, 3.05) is 32.9 Å². The van der Waals surface area contributed by atoms with Gasteiger partial charge >= 0.3 is 0 Å². The predicted octanol–water partition coefficient (Wildman–Crippen LogP) is 0.0244. The van der Waals surface area contributed by atoms with Gasteiger partial charge in [-0.15, -0.1) is 0 Å². The lowest BCUT2D eigenvalue weighted by Gasteiger charge is -2.22. The summed E-state index contributed by atoms with van der Waals surface area (Å²) in [5.74, 6) is 0.889. The van der Waals surface area contributed by atoms with E-state index < -0.39 is 0 Å². The van der Waals surface area contributed by atoms with Crippen molar-refractivity contribution in [2.45, 2.75) is 13.0 Å². The molecule has 2 heterocycles. The maximum Gasteiger partial charge on any atom is 0.259 e. The van der Waals surface area contributed by atoms with Gasteiger partial charge in [0, 0.05) is 26.2 Å². The highest BCUT2D eigenvalue weighted by Gasteiger charge is 2.34. The molecule has 18 heavy (non-hydrogen) atoms. The predicted molar refractivity (Wildman–Crippen MR) is 70.2 cm³/mol. The number of carbonyl (C=O) groups excluding carboxylic acids is 1. The molecule has 1 amide bonds. The molecule has 0 spiro atoms. The fourth-order valence-corrected chi connectivity index (χ4v) is 2.57. The molecule has 2 N–H and O–H groups in total. The van der Waals surface area contributed by atoms with E-state index in [1.807, 2.05) is 19.0 Å². The molecule has 1 fully saturated rings. The molecule has 6 nitrogen and oxygen atoms in total. The van der Waals surface area contributed by atoms with Gasteiger partial charge in [0.25, 0.3) is 5.91 Å². The SMILES string of the molecule is CC1CN(C(=O)c2cnn(C)c2N)CC1N(C)C. The number of nitrogens with two attached hydrogens (primary N) is 1. The molecule has 2 rings (SSSR count). The molecule has 100 valence electrons. The highest BCUT2D eigenvalue weighted by atomic mass is 16.2. The number of nitrogens with zero attached hydrogens (tertiary/aromatic N) is 4. The Labute approximate surface area is 107 Å². The second kappa shape index (κ2) is 4.61. The summed E-state index contributed by atoms with van der Waals surface area (Å²) in [6, 6.07) is 0.409. The van der Waals surface area contributed by atoms with Crippen LogP contribution in [0.3, 0.4) is 0 Å². The fourth-order valence-electron chi connectivity index (χ4n) is 2.57. The number of anilines is 1. The van der Waals surface area contributed by atoms with Crippen LogP contribution >= 0.6 is 0 Å². The van der Waals surface area contributed by atoms with E-state index in [1.165, 1.54) is 4.68 Å². The quantitative estimate of drug-likeness (QED) is 0.805. The van der Waals surface area contributed by atoms with Crippen LogP contribution in [-0.4, -0.2) is 58.7 Å². The molecule has 1 aromatic heterocycles. The van der Waals surface area contributed by atoms with E-state index in [2.05, 4.69) is 16.9 Å². The largest absolute Gasteiger partial charge is 0.383 e. The van der Waals surface area contributed by atoms with Crippen LogP contribution in [0.15, 0.2) is 6.20 Å². The summed E-state index contributed by atoms with van der Waals surface area (Å²) in [5, 5.41) is 4.02. The van der Waals surface area contributed by atoms with Crippen molar-refractivity contribution in [1.29, 1.82) is 0 Å². The average Bonchev–Trinajstić information content (AvgIpc) is 2.84. The van der Waals surface area contributed by atoms with E-state index in [4.69, 9.17) is 5.73 Å². The van der Waals surface area contributed by atoms with Crippen LogP contribution in [0.25, 0.3) is 0 Å². The normalized spacial score (nSPS) is 23.9. The van der Waals surface area contributed by atoms with Crippen molar-refractivity contribution in [3.63, 3.8) is 0 Å². The number of likely N-dealkylation sites (tertiary alicyclic amines) is 1. The lowest BCUT2D eigenvalue weighted by molar-refractivity contribution is 0.0782. The smallest absolute Gasteiger partial charge is 0.259 e. The maximum atomic E-state index is 12.4. The zero-order chi connectivity index (χ0) is 13.4. The number of amides is 1. The van der Waals surface area contributed by atoms with Gasteiger partial charge in [-0.1, -0.05) is 6.92 Å². The van der Waals surface area contributed by atoms with Gasteiger partial charge in [0.2, 0.25) is 0 Å². The van der Waals surface area contributed by atoms with Gasteiger partial charge in [-0.25, -0.2) is 0 Å². The van der Waals surface area contributed by atoms with Crippen LogP contribution in [0.2, 0.25) is 0 Å². The second-order valence-corrected chi connectivity index (χ2v) is 5.29. The number of rotatable bonds is 2. The minimum absolute atomic E-state index is 0.0169. The maximum absolute atomic E-state index is 12.4. The second-order valence-electron chi connectivity index (χ2n) is 5.29. The molecular weight excluding hydrogens is 230 g/mol. The first-order valence-electron chi connectivity index (χ1n) is 6.15. The highest BCUT2D eigenvalue weighted by molar-refractivity contribution is 5.98. The Hall–Kier alpha value is -1.56. The van der Waals surface area contributed by atoms with E-state index in [-0.39, 0.29) is 5.91 Å². The van der Waals surface area contributed by atoms with Crippen LogP contribution in [0.5, 0.6) is 0 Å². The molecule has 1 saturated heterocycles. The Morgan fingerprint density at radius 1 is 1.50 bits per heavy atom. The van der Waals surface area contributed by atoms with E-state index in [9.17, 15) is 4.79 Å². The van der Waals surface area contributed by atoms with Crippen LogP contribution in [-0.2, 0) is 7.05 Å². The Kier molecular flexibility index (Phi) is 3.30. The summed E-state index contributed by atoms with van der Waals surface area (Å²) in [5.41, 5.74) is 6.35. The topological polar surface area (TPSA) is 67.4 Å². The van der Waals surface area contributed by atoms with Gasteiger partial charge in [-0.2, -0.15) is 5.10 Å². The number of likely N-dealkylation sites (N-methyl/N-ethyl adjacent to an activating group) is 1. The lowest BCUT2D eigenvalue weighted by Crippen LogP contribution is -2.35. The summed E-state index contributed by atoms with van der Waals surface area (Å²) >= 11 is 0.